The second-order valence-corrected chi connectivity index (χ2v) is 9.01. The summed E-state index contributed by atoms with van der Waals surface area (Å²) in [5.74, 6) is -0.926. The third-order valence-corrected chi connectivity index (χ3v) is 6.52. The predicted octanol–water partition coefficient (Wildman–Crippen LogP) is 2.73. The van der Waals surface area contributed by atoms with Gasteiger partial charge in [0.05, 0.1) is 19.0 Å². The molecule has 0 bridgehead atoms. The molecule has 2 saturated carbocycles. The van der Waals surface area contributed by atoms with Crippen molar-refractivity contribution in [3.63, 3.8) is 0 Å². The molecule has 10 heteroatoms. The molecule has 2 unspecified atom stereocenters. The number of carbonyl (C=O) groups is 1. The fraction of sp³-hybridized carbons (Fsp3) is 0.647. The van der Waals surface area contributed by atoms with E-state index < -0.39 is 11.2 Å². The van der Waals surface area contributed by atoms with Crippen LogP contribution in [0.25, 0.3) is 11.2 Å². The molecule has 3 heterocycles. The van der Waals surface area contributed by atoms with Gasteiger partial charge in [0.2, 0.25) is 0 Å². The van der Waals surface area contributed by atoms with E-state index in [1.165, 1.54) is 0 Å². The van der Waals surface area contributed by atoms with Crippen molar-refractivity contribution < 1.29 is 19.0 Å². The Morgan fingerprint density at radius 2 is 2.22 bits per heavy atom. The monoisotopic (exact) mass is 504 g/mol. The van der Waals surface area contributed by atoms with Crippen LogP contribution in [0.3, 0.4) is 0 Å². The highest BCUT2D eigenvalue weighted by Gasteiger charge is 2.80. The molecule has 1 aliphatic heterocycles. The smallest absolute Gasteiger partial charge is 0.315 e. The first-order chi connectivity index (χ1) is 12.8. The van der Waals surface area contributed by atoms with Crippen LogP contribution in [0, 0.1) is 15.2 Å². The minimum absolute atomic E-state index is 0.0476. The van der Waals surface area contributed by atoms with Crippen molar-refractivity contribution in [2.45, 2.75) is 51.2 Å². The molecule has 5 rings (SSSR count). The van der Waals surface area contributed by atoms with Crippen LogP contribution in [0.15, 0.2) is 6.33 Å². The second kappa shape index (κ2) is 5.74. The van der Waals surface area contributed by atoms with Gasteiger partial charge in [0.1, 0.15) is 23.1 Å². The summed E-state index contributed by atoms with van der Waals surface area (Å²) in [4.78, 5) is 25.9. The summed E-state index contributed by atoms with van der Waals surface area (Å²) < 4.78 is 20.3. The minimum atomic E-state index is -0.766. The van der Waals surface area contributed by atoms with Crippen molar-refractivity contribution >= 4 is 51.3 Å². The third-order valence-electron chi connectivity index (χ3n) is 5.77. The van der Waals surface area contributed by atoms with Gasteiger partial charge >= 0.3 is 5.97 Å². The maximum Gasteiger partial charge on any atom is 0.315 e. The highest BCUT2D eigenvalue weighted by molar-refractivity contribution is 14.1. The number of hydrogen-bond acceptors (Lipinski definition) is 7. The van der Waals surface area contributed by atoms with Gasteiger partial charge in [-0.05, 0) is 27.2 Å². The van der Waals surface area contributed by atoms with Crippen molar-refractivity contribution in [2.24, 2.45) is 11.3 Å². The van der Waals surface area contributed by atoms with Crippen LogP contribution in [0.5, 0.6) is 0 Å². The Bertz CT molecular complexity index is 966. The Hall–Kier alpha value is -1.04. The number of ether oxygens (including phenoxy) is 3. The van der Waals surface area contributed by atoms with Gasteiger partial charge in [0.15, 0.2) is 20.4 Å². The van der Waals surface area contributed by atoms with E-state index in [1.807, 2.05) is 47.9 Å². The maximum atomic E-state index is 12.8. The summed E-state index contributed by atoms with van der Waals surface area (Å²) in [6.45, 7) is 5.89. The number of aromatic nitrogens is 4. The SMILES string of the molecule is CCOC(=O)[C@]12CC1[C@@H](n1cnc3c(Cl)nc(I)nc31)C1OC(C)(C)O[C@@H]12. The molecule has 0 aromatic carbocycles. The molecular weight excluding hydrogens is 487 g/mol. The van der Waals surface area contributed by atoms with Crippen LogP contribution >= 0.6 is 34.2 Å². The summed E-state index contributed by atoms with van der Waals surface area (Å²) >= 11 is 8.27. The van der Waals surface area contributed by atoms with Gasteiger partial charge in [0.25, 0.3) is 0 Å². The number of imidazole rings is 1. The quantitative estimate of drug-likeness (QED) is 0.275. The first-order valence-corrected chi connectivity index (χ1v) is 10.3. The molecule has 27 heavy (non-hydrogen) atoms. The number of hydrogen-bond donors (Lipinski definition) is 0. The molecule has 0 amide bonds. The fourth-order valence-corrected chi connectivity index (χ4v) is 5.59. The van der Waals surface area contributed by atoms with E-state index in [1.54, 1.807) is 6.33 Å². The van der Waals surface area contributed by atoms with E-state index in [9.17, 15) is 4.79 Å². The zero-order valence-electron chi connectivity index (χ0n) is 15.0. The second-order valence-electron chi connectivity index (χ2n) is 7.69. The van der Waals surface area contributed by atoms with Gasteiger partial charge < -0.3 is 18.8 Å². The lowest BCUT2D eigenvalue weighted by Gasteiger charge is -2.24. The lowest BCUT2D eigenvalue weighted by Crippen LogP contribution is -2.36. The molecule has 3 fully saturated rings. The lowest BCUT2D eigenvalue weighted by molar-refractivity contribution is -0.172. The minimum Gasteiger partial charge on any atom is -0.465 e. The summed E-state index contributed by atoms with van der Waals surface area (Å²) in [6.07, 6.45) is 1.77. The topological polar surface area (TPSA) is 88.4 Å². The molecule has 0 radical (unpaired) electrons. The molecule has 2 aliphatic carbocycles. The Labute approximate surface area is 174 Å². The number of fused-ring (bicyclic) bond motifs is 4. The number of halogens is 2. The van der Waals surface area contributed by atoms with Gasteiger partial charge in [-0.25, -0.2) is 15.0 Å². The Kier molecular flexibility index (Phi) is 3.83. The molecule has 2 aromatic heterocycles. The van der Waals surface area contributed by atoms with Crippen LogP contribution in [0.4, 0.5) is 0 Å². The van der Waals surface area contributed by atoms with Gasteiger partial charge in [-0.2, -0.15) is 0 Å². The van der Waals surface area contributed by atoms with E-state index in [2.05, 4.69) is 15.0 Å². The van der Waals surface area contributed by atoms with Gasteiger partial charge in [-0.15, -0.1) is 0 Å². The van der Waals surface area contributed by atoms with Gasteiger partial charge in [0, 0.05) is 28.5 Å². The van der Waals surface area contributed by atoms with Crippen molar-refractivity contribution in [3.8, 4) is 0 Å². The van der Waals surface area contributed by atoms with E-state index in [4.69, 9.17) is 25.8 Å². The van der Waals surface area contributed by atoms with Gasteiger partial charge in [-0.1, -0.05) is 11.6 Å². The molecular formula is C17H18ClIN4O4. The average Bonchev–Trinajstić information content (AvgIpc) is 2.90. The summed E-state index contributed by atoms with van der Waals surface area (Å²) in [6, 6.07) is -0.132. The molecule has 0 spiro atoms. The largest absolute Gasteiger partial charge is 0.465 e. The van der Waals surface area contributed by atoms with Crippen molar-refractivity contribution in [2.75, 3.05) is 6.61 Å². The maximum absolute atomic E-state index is 12.8. The Morgan fingerprint density at radius 3 is 2.96 bits per heavy atom. The zero-order valence-corrected chi connectivity index (χ0v) is 17.9. The van der Waals surface area contributed by atoms with Crippen molar-refractivity contribution in [1.29, 1.82) is 0 Å². The normalized spacial score (nSPS) is 35.9. The van der Waals surface area contributed by atoms with E-state index in [0.29, 0.717) is 33.2 Å². The number of rotatable bonds is 3. The predicted molar refractivity (Wildman–Crippen MR) is 103 cm³/mol. The fourth-order valence-electron chi connectivity index (χ4n) is 4.77. The Morgan fingerprint density at radius 1 is 1.44 bits per heavy atom. The van der Waals surface area contributed by atoms with E-state index in [-0.39, 0.29) is 30.1 Å². The highest BCUT2D eigenvalue weighted by atomic mass is 127. The summed E-state index contributed by atoms with van der Waals surface area (Å²) in [5.41, 5.74) is 0.517. The van der Waals surface area contributed by atoms with Gasteiger partial charge in [-0.3, -0.25) is 4.79 Å². The van der Waals surface area contributed by atoms with Crippen molar-refractivity contribution in [1.82, 2.24) is 19.5 Å². The molecule has 3 aliphatic rings. The summed E-state index contributed by atoms with van der Waals surface area (Å²) in [5, 5.41) is 0.314. The van der Waals surface area contributed by atoms with Crippen LogP contribution in [0.1, 0.15) is 33.2 Å². The lowest BCUT2D eigenvalue weighted by atomic mass is 9.99. The van der Waals surface area contributed by atoms with E-state index >= 15 is 0 Å². The first-order valence-electron chi connectivity index (χ1n) is 8.87. The number of esters is 1. The molecule has 8 nitrogen and oxygen atoms in total. The summed E-state index contributed by atoms with van der Waals surface area (Å²) in [7, 11) is 0. The Balaban J connectivity index is 1.63. The highest BCUT2D eigenvalue weighted by Crippen LogP contribution is 2.72. The van der Waals surface area contributed by atoms with Crippen LogP contribution in [-0.4, -0.2) is 50.1 Å². The van der Waals surface area contributed by atoms with Crippen molar-refractivity contribution in [3.05, 3.63) is 15.3 Å². The molecule has 2 aromatic rings. The first kappa shape index (κ1) is 18.0. The number of nitrogens with zero attached hydrogens (tertiary/aromatic N) is 4. The standard InChI is InChI=1S/C17H18ClIN4O4/c1-4-25-14(24)17-5-7(17)9(10-11(17)27-16(2,3)26-10)23-6-20-8-12(18)21-15(19)22-13(8)23/h6-7,9-11H,4-5H2,1-3H3/t7?,9-,10?,11+,17-/m1/s1. The van der Waals surface area contributed by atoms with Crippen LogP contribution in [0.2, 0.25) is 5.15 Å². The molecule has 5 atom stereocenters. The number of carbonyl (C=O) groups excluding carboxylic acids is 1. The molecule has 0 N–H and O–H groups in total. The zero-order chi connectivity index (χ0) is 19.1. The third kappa shape index (κ3) is 2.41. The molecule has 144 valence electrons. The van der Waals surface area contributed by atoms with Crippen LogP contribution < -0.4 is 0 Å². The molecule has 1 saturated heterocycles. The van der Waals surface area contributed by atoms with E-state index in [0.717, 1.165) is 0 Å². The average molecular weight is 505 g/mol. The van der Waals surface area contributed by atoms with Crippen LogP contribution in [-0.2, 0) is 19.0 Å².